The summed E-state index contributed by atoms with van der Waals surface area (Å²) < 4.78 is 27.0. The molecule has 1 aromatic carbocycles. The number of nitrogens with zero attached hydrogens (tertiary/aromatic N) is 1. The zero-order chi connectivity index (χ0) is 13.3. The average molecular weight is 283 g/mol. The maximum atomic E-state index is 12.3. The standard InChI is InChI=1S/C11H13N3O2S2/c1-7-11(8(2)13-12-7)18(15,16)14-9-5-3-4-6-10(9)17/h3-6,14,17H,1-2H3,(H,12,13). The molecule has 1 aromatic heterocycles. The van der Waals surface area contributed by atoms with Crippen molar-refractivity contribution in [2.45, 2.75) is 23.6 Å². The number of anilines is 1. The minimum atomic E-state index is -3.65. The van der Waals surface area contributed by atoms with Crippen LogP contribution in [-0.4, -0.2) is 18.6 Å². The number of aromatic nitrogens is 2. The Labute approximate surface area is 111 Å². The van der Waals surface area contributed by atoms with Crippen LogP contribution in [0.4, 0.5) is 5.69 Å². The minimum Gasteiger partial charge on any atom is -0.281 e. The lowest BCUT2D eigenvalue weighted by Crippen LogP contribution is -2.14. The van der Waals surface area contributed by atoms with Gasteiger partial charge in [0, 0.05) is 4.90 Å². The van der Waals surface area contributed by atoms with Crippen molar-refractivity contribution in [2.75, 3.05) is 4.72 Å². The van der Waals surface area contributed by atoms with E-state index in [4.69, 9.17) is 0 Å². The summed E-state index contributed by atoms with van der Waals surface area (Å²) >= 11 is 4.21. The first-order valence-corrected chi connectivity index (χ1v) is 7.17. The summed E-state index contributed by atoms with van der Waals surface area (Å²) in [4.78, 5) is 0.749. The Balaban J connectivity index is 2.43. The van der Waals surface area contributed by atoms with Gasteiger partial charge in [-0.2, -0.15) is 5.10 Å². The average Bonchev–Trinajstić information content (AvgIpc) is 2.62. The monoisotopic (exact) mass is 283 g/mol. The zero-order valence-corrected chi connectivity index (χ0v) is 11.6. The fraction of sp³-hybridized carbons (Fsp3) is 0.182. The third-order valence-corrected chi connectivity index (χ3v) is 4.50. The normalized spacial score (nSPS) is 11.5. The Hall–Kier alpha value is -1.47. The summed E-state index contributed by atoms with van der Waals surface area (Å²) in [6, 6.07) is 6.90. The molecule has 0 spiro atoms. The lowest BCUT2D eigenvalue weighted by atomic mass is 10.3. The molecule has 5 nitrogen and oxygen atoms in total. The summed E-state index contributed by atoms with van der Waals surface area (Å²) in [5, 5.41) is 6.54. The van der Waals surface area contributed by atoms with E-state index in [1.54, 1.807) is 38.1 Å². The fourth-order valence-corrected chi connectivity index (χ4v) is 3.44. The summed E-state index contributed by atoms with van der Waals surface area (Å²) in [5.41, 5.74) is 1.40. The van der Waals surface area contributed by atoms with Crippen molar-refractivity contribution >= 4 is 28.3 Å². The van der Waals surface area contributed by atoms with Crippen molar-refractivity contribution < 1.29 is 8.42 Å². The van der Waals surface area contributed by atoms with Gasteiger partial charge in [-0.1, -0.05) is 12.1 Å². The van der Waals surface area contributed by atoms with Gasteiger partial charge in [0.1, 0.15) is 4.90 Å². The van der Waals surface area contributed by atoms with Gasteiger partial charge in [0.2, 0.25) is 0 Å². The highest BCUT2D eigenvalue weighted by Crippen LogP contribution is 2.24. The van der Waals surface area contributed by atoms with Crippen molar-refractivity contribution in [1.82, 2.24) is 10.2 Å². The van der Waals surface area contributed by atoms with Gasteiger partial charge in [-0.15, -0.1) is 12.6 Å². The van der Waals surface area contributed by atoms with Crippen LogP contribution in [0, 0.1) is 13.8 Å². The first kappa shape index (κ1) is 13.0. The van der Waals surface area contributed by atoms with E-state index in [-0.39, 0.29) is 4.90 Å². The molecule has 0 unspecified atom stereocenters. The number of aromatic amines is 1. The molecule has 2 rings (SSSR count). The van der Waals surface area contributed by atoms with Crippen molar-refractivity contribution in [3.63, 3.8) is 0 Å². The van der Waals surface area contributed by atoms with Gasteiger partial charge in [0.15, 0.2) is 0 Å². The number of thiol groups is 1. The number of para-hydroxylation sites is 1. The minimum absolute atomic E-state index is 0.180. The highest BCUT2D eigenvalue weighted by Gasteiger charge is 2.22. The maximum absolute atomic E-state index is 12.3. The molecule has 2 N–H and O–H groups in total. The van der Waals surface area contributed by atoms with Crippen molar-refractivity contribution in [1.29, 1.82) is 0 Å². The van der Waals surface area contributed by atoms with E-state index in [2.05, 4.69) is 27.5 Å². The summed E-state index contributed by atoms with van der Waals surface area (Å²) in [7, 11) is -3.65. The largest absolute Gasteiger partial charge is 0.281 e. The Morgan fingerprint density at radius 2 is 1.94 bits per heavy atom. The summed E-state index contributed by atoms with van der Waals surface area (Å²) in [5.74, 6) is 0. The molecule has 0 bridgehead atoms. The summed E-state index contributed by atoms with van der Waals surface area (Å²) in [6.45, 7) is 3.31. The molecular formula is C11H13N3O2S2. The van der Waals surface area contributed by atoms with Crippen molar-refractivity contribution in [2.24, 2.45) is 0 Å². The molecule has 1 heterocycles. The topological polar surface area (TPSA) is 74.8 Å². The smallest absolute Gasteiger partial charge is 0.265 e. The molecule has 2 aromatic rings. The highest BCUT2D eigenvalue weighted by atomic mass is 32.2. The Morgan fingerprint density at radius 1 is 1.28 bits per heavy atom. The van der Waals surface area contributed by atoms with E-state index in [0.29, 0.717) is 22.0 Å². The SMILES string of the molecule is Cc1n[nH]c(C)c1S(=O)(=O)Nc1ccccc1S. The van der Waals surface area contributed by atoms with E-state index in [1.807, 2.05) is 0 Å². The molecule has 0 fully saturated rings. The van der Waals surface area contributed by atoms with Crippen LogP contribution in [-0.2, 0) is 10.0 Å². The number of H-pyrrole nitrogens is 1. The van der Waals surface area contributed by atoms with Gasteiger partial charge in [0.25, 0.3) is 10.0 Å². The highest BCUT2D eigenvalue weighted by molar-refractivity contribution is 7.93. The molecule has 0 aliphatic rings. The van der Waals surface area contributed by atoms with Crippen LogP contribution in [0.25, 0.3) is 0 Å². The van der Waals surface area contributed by atoms with Crippen LogP contribution >= 0.6 is 12.6 Å². The molecule has 0 aliphatic carbocycles. The van der Waals surface area contributed by atoms with E-state index in [1.165, 1.54) is 0 Å². The predicted molar refractivity (Wildman–Crippen MR) is 72.6 cm³/mol. The lowest BCUT2D eigenvalue weighted by Gasteiger charge is -2.09. The molecule has 18 heavy (non-hydrogen) atoms. The van der Waals surface area contributed by atoms with E-state index in [9.17, 15) is 8.42 Å². The van der Waals surface area contributed by atoms with Crippen LogP contribution in [0.1, 0.15) is 11.4 Å². The van der Waals surface area contributed by atoms with Gasteiger partial charge in [0.05, 0.1) is 17.1 Å². The molecule has 0 amide bonds. The molecule has 0 radical (unpaired) electrons. The Morgan fingerprint density at radius 3 is 2.50 bits per heavy atom. The fourth-order valence-electron chi connectivity index (χ4n) is 1.69. The zero-order valence-electron chi connectivity index (χ0n) is 9.93. The molecule has 0 saturated heterocycles. The molecular weight excluding hydrogens is 270 g/mol. The summed E-state index contributed by atoms with van der Waals surface area (Å²) in [6.07, 6.45) is 0. The van der Waals surface area contributed by atoms with Crippen LogP contribution in [0.15, 0.2) is 34.1 Å². The molecule has 96 valence electrons. The van der Waals surface area contributed by atoms with Crippen LogP contribution in [0.3, 0.4) is 0 Å². The first-order chi connectivity index (χ1) is 8.42. The van der Waals surface area contributed by atoms with Crippen molar-refractivity contribution in [3.8, 4) is 0 Å². The third kappa shape index (κ3) is 2.37. The van der Waals surface area contributed by atoms with Gasteiger partial charge in [-0.3, -0.25) is 9.82 Å². The van der Waals surface area contributed by atoms with Crippen LogP contribution in [0.5, 0.6) is 0 Å². The van der Waals surface area contributed by atoms with Gasteiger partial charge in [-0.25, -0.2) is 8.42 Å². The molecule has 7 heteroatoms. The third-order valence-electron chi connectivity index (χ3n) is 2.48. The van der Waals surface area contributed by atoms with E-state index < -0.39 is 10.0 Å². The molecule has 0 saturated carbocycles. The van der Waals surface area contributed by atoms with Crippen LogP contribution in [0.2, 0.25) is 0 Å². The second-order valence-electron chi connectivity index (χ2n) is 3.89. The number of sulfonamides is 1. The Bertz CT molecular complexity index is 658. The van der Waals surface area contributed by atoms with Crippen LogP contribution < -0.4 is 4.72 Å². The second-order valence-corrected chi connectivity index (χ2v) is 5.99. The van der Waals surface area contributed by atoms with Gasteiger partial charge >= 0.3 is 0 Å². The van der Waals surface area contributed by atoms with Crippen molar-refractivity contribution in [3.05, 3.63) is 35.7 Å². The lowest BCUT2D eigenvalue weighted by molar-refractivity contribution is 0.600. The number of nitrogens with one attached hydrogen (secondary N) is 2. The maximum Gasteiger partial charge on any atom is 0.265 e. The van der Waals surface area contributed by atoms with Gasteiger partial charge in [-0.05, 0) is 26.0 Å². The quantitative estimate of drug-likeness (QED) is 0.755. The predicted octanol–water partition coefficient (Wildman–Crippen LogP) is 2.12. The number of hydrogen-bond acceptors (Lipinski definition) is 4. The van der Waals surface area contributed by atoms with Gasteiger partial charge < -0.3 is 0 Å². The first-order valence-electron chi connectivity index (χ1n) is 5.24. The number of hydrogen-bond donors (Lipinski definition) is 3. The Kier molecular flexibility index (Phi) is 3.36. The van der Waals surface area contributed by atoms with E-state index >= 15 is 0 Å². The molecule has 0 aliphatic heterocycles. The van der Waals surface area contributed by atoms with E-state index in [0.717, 1.165) is 0 Å². The number of aryl methyl sites for hydroxylation is 2. The number of benzene rings is 1. The second kappa shape index (κ2) is 4.66. The molecule has 0 atom stereocenters. The number of rotatable bonds is 3.